The first-order chi connectivity index (χ1) is 8.49. The largest absolute Gasteiger partial charge is 0.355 e. The van der Waals surface area contributed by atoms with Crippen molar-refractivity contribution >= 4 is 5.91 Å². The van der Waals surface area contributed by atoms with Crippen LogP contribution in [0.5, 0.6) is 0 Å². The molecular formula is C15H24N2O. The summed E-state index contributed by atoms with van der Waals surface area (Å²) in [7, 11) is 0. The SMILES string of the molecule is Cc1cccc([C@H](C)NCC(=O)NCC(C)C)c1. The topological polar surface area (TPSA) is 41.1 Å². The molecule has 0 aliphatic rings. The van der Waals surface area contributed by atoms with Crippen LogP contribution in [-0.4, -0.2) is 19.0 Å². The highest BCUT2D eigenvalue weighted by atomic mass is 16.1. The summed E-state index contributed by atoms with van der Waals surface area (Å²) in [5.74, 6) is 0.548. The third-order valence-corrected chi connectivity index (χ3v) is 2.82. The zero-order valence-electron chi connectivity index (χ0n) is 11.8. The van der Waals surface area contributed by atoms with Crippen molar-refractivity contribution in [2.45, 2.75) is 33.7 Å². The van der Waals surface area contributed by atoms with Crippen molar-refractivity contribution in [2.24, 2.45) is 5.92 Å². The van der Waals surface area contributed by atoms with Gasteiger partial charge in [-0.15, -0.1) is 0 Å². The predicted octanol–water partition coefficient (Wildman–Crippen LogP) is 2.42. The lowest BCUT2D eigenvalue weighted by molar-refractivity contribution is -0.120. The van der Waals surface area contributed by atoms with E-state index in [4.69, 9.17) is 0 Å². The molecule has 1 aromatic rings. The number of aryl methyl sites for hydroxylation is 1. The second-order valence-electron chi connectivity index (χ2n) is 5.21. The molecule has 3 heteroatoms. The number of amides is 1. The van der Waals surface area contributed by atoms with Gasteiger partial charge >= 0.3 is 0 Å². The van der Waals surface area contributed by atoms with E-state index in [0.717, 1.165) is 6.54 Å². The van der Waals surface area contributed by atoms with Gasteiger partial charge in [-0.1, -0.05) is 43.7 Å². The average Bonchev–Trinajstić information content (AvgIpc) is 2.33. The predicted molar refractivity (Wildman–Crippen MR) is 75.4 cm³/mol. The molecule has 3 nitrogen and oxygen atoms in total. The molecule has 0 aliphatic carbocycles. The molecule has 0 saturated heterocycles. The van der Waals surface area contributed by atoms with Crippen molar-refractivity contribution in [1.29, 1.82) is 0 Å². The first-order valence-electron chi connectivity index (χ1n) is 6.55. The summed E-state index contributed by atoms with van der Waals surface area (Å²) in [6.07, 6.45) is 0. The fraction of sp³-hybridized carbons (Fsp3) is 0.533. The van der Waals surface area contributed by atoms with E-state index in [9.17, 15) is 4.79 Å². The first-order valence-corrected chi connectivity index (χ1v) is 6.55. The molecule has 18 heavy (non-hydrogen) atoms. The van der Waals surface area contributed by atoms with E-state index in [1.807, 2.05) is 6.07 Å². The smallest absolute Gasteiger partial charge is 0.233 e. The molecule has 0 aromatic heterocycles. The minimum absolute atomic E-state index is 0.0585. The molecule has 0 radical (unpaired) electrons. The van der Waals surface area contributed by atoms with Crippen LogP contribution in [0, 0.1) is 12.8 Å². The van der Waals surface area contributed by atoms with Crippen molar-refractivity contribution in [3.8, 4) is 0 Å². The van der Waals surface area contributed by atoms with E-state index in [2.05, 4.69) is 56.5 Å². The van der Waals surface area contributed by atoms with E-state index in [-0.39, 0.29) is 11.9 Å². The molecule has 100 valence electrons. The van der Waals surface area contributed by atoms with Crippen LogP contribution in [0.25, 0.3) is 0 Å². The average molecular weight is 248 g/mol. The van der Waals surface area contributed by atoms with Crippen LogP contribution in [0.15, 0.2) is 24.3 Å². The van der Waals surface area contributed by atoms with E-state index < -0.39 is 0 Å². The second-order valence-corrected chi connectivity index (χ2v) is 5.21. The molecular weight excluding hydrogens is 224 g/mol. The zero-order valence-corrected chi connectivity index (χ0v) is 11.8. The van der Waals surface area contributed by atoms with Crippen LogP contribution >= 0.6 is 0 Å². The summed E-state index contributed by atoms with van der Waals surface area (Å²) in [5, 5.41) is 6.14. The lowest BCUT2D eigenvalue weighted by Crippen LogP contribution is -2.36. The Morgan fingerprint density at radius 1 is 1.28 bits per heavy atom. The summed E-state index contributed by atoms with van der Waals surface area (Å²) in [6.45, 7) is 9.42. The third-order valence-electron chi connectivity index (χ3n) is 2.82. The molecule has 1 aromatic carbocycles. The lowest BCUT2D eigenvalue weighted by atomic mass is 10.1. The normalized spacial score (nSPS) is 12.5. The minimum Gasteiger partial charge on any atom is -0.355 e. The van der Waals surface area contributed by atoms with Gasteiger partial charge in [0.25, 0.3) is 0 Å². The Morgan fingerprint density at radius 3 is 2.61 bits per heavy atom. The Hall–Kier alpha value is -1.35. The van der Waals surface area contributed by atoms with E-state index >= 15 is 0 Å². The lowest BCUT2D eigenvalue weighted by Gasteiger charge is -2.15. The maximum absolute atomic E-state index is 11.6. The standard InChI is InChI=1S/C15H24N2O/c1-11(2)9-17-15(18)10-16-13(4)14-7-5-6-12(3)8-14/h5-8,11,13,16H,9-10H2,1-4H3,(H,17,18)/t13-/m0/s1. The summed E-state index contributed by atoms with van der Waals surface area (Å²) in [4.78, 5) is 11.6. The highest BCUT2D eigenvalue weighted by Crippen LogP contribution is 2.13. The maximum atomic E-state index is 11.6. The van der Waals surface area contributed by atoms with Crippen molar-refractivity contribution in [3.63, 3.8) is 0 Å². The molecule has 1 rings (SSSR count). The maximum Gasteiger partial charge on any atom is 0.233 e. The van der Waals surface area contributed by atoms with Gasteiger partial charge in [0.2, 0.25) is 5.91 Å². The molecule has 0 bridgehead atoms. The van der Waals surface area contributed by atoms with E-state index in [1.165, 1.54) is 11.1 Å². The van der Waals surface area contributed by atoms with Gasteiger partial charge < -0.3 is 10.6 Å². The molecule has 0 fully saturated rings. The molecule has 0 aliphatic heterocycles. The van der Waals surface area contributed by atoms with Gasteiger partial charge in [0.05, 0.1) is 6.54 Å². The number of benzene rings is 1. The molecule has 0 heterocycles. The van der Waals surface area contributed by atoms with Gasteiger partial charge in [-0.25, -0.2) is 0 Å². The van der Waals surface area contributed by atoms with Crippen molar-refractivity contribution in [2.75, 3.05) is 13.1 Å². The number of hydrogen-bond acceptors (Lipinski definition) is 2. The number of rotatable bonds is 6. The Morgan fingerprint density at radius 2 is 2.00 bits per heavy atom. The highest BCUT2D eigenvalue weighted by Gasteiger charge is 2.07. The van der Waals surface area contributed by atoms with Crippen LogP contribution < -0.4 is 10.6 Å². The highest BCUT2D eigenvalue weighted by molar-refractivity contribution is 5.78. The van der Waals surface area contributed by atoms with Gasteiger partial charge in [0.1, 0.15) is 0 Å². The third kappa shape index (κ3) is 5.32. The molecule has 0 spiro atoms. The van der Waals surface area contributed by atoms with Crippen LogP contribution in [0.1, 0.15) is 37.9 Å². The quantitative estimate of drug-likeness (QED) is 0.811. The van der Waals surface area contributed by atoms with Gasteiger partial charge in [0, 0.05) is 12.6 Å². The van der Waals surface area contributed by atoms with E-state index in [1.54, 1.807) is 0 Å². The number of hydrogen-bond donors (Lipinski definition) is 2. The van der Waals surface area contributed by atoms with Gasteiger partial charge in [0.15, 0.2) is 0 Å². The summed E-state index contributed by atoms with van der Waals surface area (Å²) < 4.78 is 0. The molecule has 0 saturated carbocycles. The first kappa shape index (κ1) is 14.7. The fourth-order valence-corrected chi connectivity index (χ4v) is 1.68. The molecule has 1 amide bonds. The Labute approximate surface area is 110 Å². The summed E-state index contributed by atoms with van der Waals surface area (Å²) in [5.41, 5.74) is 2.46. The van der Waals surface area contributed by atoms with Crippen LogP contribution in [-0.2, 0) is 4.79 Å². The van der Waals surface area contributed by atoms with Crippen LogP contribution in [0.3, 0.4) is 0 Å². The van der Waals surface area contributed by atoms with Gasteiger partial charge in [-0.05, 0) is 25.3 Å². The van der Waals surface area contributed by atoms with Crippen LogP contribution in [0.4, 0.5) is 0 Å². The second kappa shape index (κ2) is 7.17. The zero-order chi connectivity index (χ0) is 13.5. The monoisotopic (exact) mass is 248 g/mol. The number of nitrogens with one attached hydrogen (secondary N) is 2. The Kier molecular flexibility index (Phi) is 5.86. The molecule has 2 N–H and O–H groups in total. The number of carbonyl (C=O) groups excluding carboxylic acids is 1. The van der Waals surface area contributed by atoms with Gasteiger partial charge in [-0.3, -0.25) is 4.79 Å². The minimum atomic E-state index is 0.0585. The Balaban J connectivity index is 2.37. The molecule has 0 unspecified atom stereocenters. The number of carbonyl (C=O) groups is 1. The fourth-order valence-electron chi connectivity index (χ4n) is 1.68. The Bertz CT molecular complexity index is 388. The van der Waals surface area contributed by atoms with Gasteiger partial charge in [-0.2, -0.15) is 0 Å². The van der Waals surface area contributed by atoms with Crippen LogP contribution in [0.2, 0.25) is 0 Å². The molecule has 1 atom stereocenters. The van der Waals surface area contributed by atoms with E-state index in [0.29, 0.717) is 12.5 Å². The summed E-state index contributed by atoms with van der Waals surface area (Å²) in [6, 6.07) is 8.53. The van der Waals surface area contributed by atoms with Crippen molar-refractivity contribution in [1.82, 2.24) is 10.6 Å². The van der Waals surface area contributed by atoms with Crippen molar-refractivity contribution < 1.29 is 4.79 Å². The summed E-state index contributed by atoms with van der Waals surface area (Å²) >= 11 is 0. The van der Waals surface area contributed by atoms with Crippen molar-refractivity contribution in [3.05, 3.63) is 35.4 Å².